The molecule has 1 amide bonds. The number of nitrogens with one attached hydrogen (secondary N) is 1. The molecule has 0 atom stereocenters. The fraction of sp³-hybridized carbons (Fsp3) is 0.684. The fourth-order valence-electron chi connectivity index (χ4n) is 3.81. The van der Waals surface area contributed by atoms with E-state index in [9.17, 15) is 4.79 Å². The maximum Gasteiger partial charge on any atom is 0.255 e. The van der Waals surface area contributed by atoms with Crippen molar-refractivity contribution in [3.05, 3.63) is 23.9 Å². The summed E-state index contributed by atoms with van der Waals surface area (Å²) < 4.78 is 0. The van der Waals surface area contributed by atoms with Crippen molar-refractivity contribution in [2.75, 3.05) is 37.6 Å². The second-order valence-electron chi connectivity index (χ2n) is 7.01. The number of carbonyl (C=O) groups is 1. The molecule has 1 aromatic heterocycles. The van der Waals surface area contributed by atoms with Crippen molar-refractivity contribution in [1.82, 2.24) is 15.2 Å². The smallest absolute Gasteiger partial charge is 0.255 e. The lowest BCUT2D eigenvalue weighted by Gasteiger charge is -2.33. The van der Waals surface area contributed by atoms with Crippen molar-refractivity contribution in [2.45, 2.75) is 51.5 Å². The third kappa shape index (κ3) is 4.26. The molecule has 0 bridgehead atoms. The largest absolute Gasteiger partial charge is 0.356 e. The minimum absolute atomic E-state index is 0.0395. The lowest BCUT2D eigenvalue weighted by molar-refractivity contribution is 0.0911. The maximum absolute atomic E-state index is 12.8. The molecule has 5 heteroatoms. The summed E-state index contributed by atoms with van der Waals surface area (Å²) in [6.45, 7) is 7.58. The molecule has 0 spiro atoms. The molecule has 2 fully saturated rings. The summed E-state index contributed by atoms with van der Waals surface area (Å²) >= 11 is 0. The van der Waals surface area contributed by atoms with Gasteiger partial charge in [0.15, 0.2) is 0 Å². The number of pyridine rings is 1. The van der Waals surface area contributed by atoms with Crippen LogP contribution in [0.1, 0.15) is 55.8 Å². The average Bonchev–Trinajstić information content (AvgIpc) is 2.64. The predicted molar refractivity (Wildman–Crippen MR) is 97.5 cm³/mol. The van der Waals surface area contributed by atoms with Crippen molar-refractivity contribution >= 4 is 11.7 Å². The zero-order chi connectivity index (χ0) is 16.8. The van der Waals surface area contributed by atoms with Gasteiger partial charge in [0, 0.05) is 38.4 Å². The van der Waals surface area contributed by atoms with Crippen molar-refractivity contribution in [1.29, 1.82) is 0 Å². The monoisotopic (exact) mass is 330 g/mol. The Morgan fingerprint density at radius 1 is 1.21 bits per heavy atom. The van der Waals surface area contributed by atoms with Crippen LogP contribution in [0, 0.1) is 0 Å². The Labute approximate surface area is 145 Å². The van der Waals surface area contributed by atoms with E-state index in [-0.39, 0.29) is 5.91 Å². The van der Waals surface area contributed by atoms with Crippen LogP contribution in [-0.2, 0) is 0 Å². The predicted octanol–water partition coefficient (Wildman–Crippen LogP) is 2.68. The van der Waals surface area contributed by atoms with E-state index in [1.54, 1.807) is 6.20 Å². The molecule has 0 aliphatic carbocycles. The highest BCUT2D eigenvalue weighted by atomic mass is 16.1. The lowest BCUT2D eigenvalue weighted by Crippen LogP contribution is -2.45. The van der Waals surface area contributed by atoms with Crippen LogP contribution in [0.5, 0.6) is 0 Å². The first-order chi connectivity index (χ1) is 11.8. The number of piperidine rings is 2. The van der Waals surface area contributed by atoms with E-state index in [0.717, 1.165) is 50.4 Å². The molecule has 0 radical (unpaired) electrons. The third-order valence-electron chi connectivity index (χ3n) is 5.15. The van der Waals surface area contributed by atoms with E-state index >= 15 is 0 Å². The topological polar surface area (TPSA) is 48.5 Å². The van der Waals surface area contributed by atoms with Gasteiger partial charge in [0.1, 0.15) is 5.82 Å². The molecule has 3 heterocycles. The molecule has 0 unspecified atom stereocenters. The maximum atomic E-state index is 12.8. The molecule has 2 aliphatic heterocycles. The number of anilines is 1. The summed E-state index contributed by atoms with van der Waals surface area (Å²) in [4.78, 5) is 22.1. The zero-order valence-electron chi connectivity index (χ0n) is 14.8. The number of carbonyl (C=O) groups excluding carboxylic acids is 1. The highest BCUT2D eigenvalue weighted by Gasteiger charge is 2.24. The van der Waals surface area contributed by atoms with Gasteiger partial charge in [-0.15, -0.1) is 0 Å². The minimum Gasteiger partial charge on any atom is -0.356 e. The second-order valence-corrected chi connectivity index (χ2v) is 7.01. The number of nitrogens with zero attached hydrogens (tertiary/aromatic N) is 3. The first kappa shape index (κ1) is 17.2. The van der Waals surface area contributed by atoms with E-state index in [2.05, 4.69) is 27.0 Å². The van der Waals surface area contributed by atoms with Gasteiger partial charge >= 0.3 is 0 Å². The summed E-state index contributed by atoms with van der Waals surface area (Å²) in [6, 6.07) is 4.07. The lowest BCUT2D eigenvalue weighted by atomic mass is 10.0. The molecule has 0 saturated carbocycles. The Balaban J connectivity index is 1.61. The van der Waals surface area contributed by atoms with Crippen molar-refractivity contribution in [3.63, 3.8) is 0 Å². The third-order valence-corrected chi connectivity index (χ3v) is 5.15. The summed E-state index contributed by atoms with van der Waals surface area (Å²) in [6.07, 6.45) is 8.74. The van der Waals surface area contributed by atoms with Crippen LogP contribution in [-0.4, -0.2) is 54.6 Å². The fourth-order valence-corrected chi connectivity index (χ4v) is 3.81. The highest BCUT2D eigenvalue weighted by Crippen LogP contribution is 2.22. The zero-order valence-corrected chi connectivity index (χ0v) is 14.8. The first-order valence-electron chi connectivity index (χ1n) is 9.51. The molecule has 2 aliphatic rings. The van der Waals surface area contributed by atoms with Crippen LogP contribution in [0.3, 0.4) is 0 Å². The minimum atomic E-state index is 0.0395. The van der Waals surface area contributed by atoms with Gasteiger partial charge in [-0.3, -0.25) is 4.79 Å². The molecule has 24 heavy (non-hydrogen) atoms. The summed E-state index contributed by atoms with van der Waals surface area (Å²) in [5.74, 6) is 0.899. The Bertz CT molecular complexity index is 534. The van der Waals surface area contributed by atoms with E-state index in [1.807, 2.05) is 12.1 Å². The molecule has 3 rings (SSSR count). The summed E-state index contributed by atoms with van der Waals surface area (Å²) in [7, 11) is 0. The van der Waals surface area contributed by atoms with Gasteiger partial charge in [-0.2, -0.15) is 0 Å². The molecule has 2 saturated heterocycles. The average molecular weight is 330 g/mol. The van der Waals surface area contributed by atoms with Gasteiger partial charge in [-0.05, 0) is 57.2 Å². The molecular weight excluding hydrogens is 300 g/mol. The van der Waals surface area contributed by atoms with Crippen LogP contribution in [0.15, 0.2) is 18.3 Å². The number of hydrogen-bond donors (Lipinski definition) is 1. The normalized spacial score (nSPS) is 20.1. The SMILES string of the molecule is CCCN1CCC(NC(=O)c2cccnc2N2CCCCC2)CC1. The van der Waals surface area contributed by atoms with Crippen LogP contribution >= 0.6 is 0 Å². The highest BCUT2D eigenvalue weighted by molar-refractivity contribution is 5.99. The molecule has 1 aromatic rings. The van der Waals surface area contributed by atoms with E-state index in [4.69, 9.17) is 0 Å². The number of amides is 1. The van der Waals surface area contributed by atoms with Crippen LogP contribution < -0.4 is 10.2 Å². The molecule has 0 aromatic carbocycles. The van der Waals surface area contributed by atoms with Crippen LogP contribution in [0.25, 0.3) is 0 Å². The van der Waals surface area contributed by atoms with Gasteiger partial charge in [-0.1, -0.05) is 6.92 Å². The molecule has 132 valence electrons. The molecule has 5 nitrogen and oxygen atoms in total. The number of aromatic nitrogens is 1. The van der Waals surface area contributed by atoms with Crippen LogP contribution in [0.4, 0.5) is 5.82 Å². The number of hydrogen-bond acceptors (Lipinski definition) is 4. The Morgan fingerprint density at radius 3 is 2.67 bits per heavy atom. The first-order valence-corrected chi connectivity index (χ1v) is 9.51. The van der Waals surface area contributed by atoms with Crippen molar-refractivity contribution < 1.29 is 4.79 Å². The second kappa shape index (κ2) is 8.47. The number of rotatable bonds is 5. The van der Waals surface area contributed by atoms with Gasteiger partial charge in [0.05, 0.1) is 5.56 Å². The Kier molecular flexibility index (Phi) is 6.07. The Morgan fingerprint density at radius 2 is 1.96 bits per heavy atom. The molecular formula is C19H30N4O. The van der Waals surface area contributed by atoms with Crippen molar-refractivity contribution in [2.24, 2.45) is 0 Å². The molecule has 1 N–H and O–H groups in total. The Hall–Kier alpha value is -1.62. The quantitative estimate of drug-likeness (QED) is 0.902. The number of likely N-dealkylation sites (tertiary alicyclic amines) is 1. The van der Waals surface area contributed by atoms with E-state index in [0.29, 0.717) is 6.04 Å². The van der Waals surface area contributed by atoms with Crippen LogP contribution in [0.2, 0.25) is 0 Å². The summed E-state index contributed by atoms with van der Waals surface area (Å²) in [5.41, 5.74) is 0.732. The van der Waals surface area contributed by atoms with Gasteiger partial charge in [-0.25, -0.2) is 4.98 Å². The van der Waals surface area contributed by atoms with Crippen molar-refractivity contribution in [3.8, 4) is 0 Å². The van der Waals surface area contributed by atoms with E-state index in [1.165, 1.54) is 32.2 Å². The standard InChI is InChI=1S/C19H30N4O/c1-2-11-22-14-8-16(9-15-22)21-19(24)17-7-6-10-20-18(17)23-12-4-3-5-13-23/h6-7,10,16H,2-5,8-9,11-15H2,1H3,(H,21,24). The van der Waals surface area contributed by atoms with Gasteiger partial charge in [0.25, 0.3) is 5.91 Å². The van der Waals surface area contributed by atoms with E-state index < -0.39 is 0 Å². The summed E-state index contributed by atoms with van der Waals surface area (Å²) in [5, 5.41) is 3.25. The van der Waals surface area contributed by atoms with Gasteiger partial charge < -0.3 is 15.1 Å². The van der Waals surface area contributed by atoms with Gasteiger partial charge in [0.2, 0.25) is 0 Å².